The molecule has 2 N–H and O–H groups in total. The zero-order valence-electron chi connectivity index (χ0n) is 9.99. The Bertz CT molecular complexity index is 490. The van der Waals surface area contributed by atoms with Gasteiger partial charge in [-0.25, -0.2) is 0 Å². The zero-order chi connectivity index (χ0) is 12.5. The minimum atomic E-state index is -0.844. The highest BCUT2D eigenvalue weighted by Crippen LogP contribution is 2.45. The van der Waals surface area contributed by atoms with Gasteiger partial charge in [0.15, 0.2) is 0 Å². The third kappa shape index (κ3) is 1.76. The Hall–Kier alpha value is -1.58. The van der Waals surface area contributed by atoms with Crippen molar-refractivity contribution in [2.24, 2.45) is 11.8 Å². The fraction of sp³-hybridized carbons (Fsp3) is 0.333. The van der Waals surface area contributed by atoms with Gasteiger partial charge in [0.05, 0.1) is 18.8 Å². The fourth-order valence-electron chi connectivity index (χ4n) is 2.92. The third-order valence-corrected chi connectivity index (χ3v) is 3.83. The number of allylic oxidation sites excluding steroid dienone is 2. The summed E-state index contributed by atoms with van der Waals surface area (Å²) in [5.74, 6) is 0.0912. The monoisotopic (exact) mass is 244 g/mol. The van der Waals surface area contributed by atoms with Crippen LogP contribution in [0.15, 0.2) is 48.2 Å². The Morgan fingerprint density at radius 3 is 2.72 bits per heavy atom. The molecule has 0 bridgehead atoms. The second-order valence-corrected chi connectivity index (χ2v) is 4.77. The molecule has 3 unspecified atom stereocenters. The van der Waals surface area contributed by atoms with Gasteiger partial charge in [0.1, 0.15) is 0 Å². The van der Waals surface area contributed by atoms with E-state index in [1.807, 2.05) is 36.4 Å². The van der Waals surface area contributed by atoms with Gasteiger partial charge in [-0.05, 0) is 23.1 Å². The van der Waals surface area contributed by atoms with E-state index in [4.69, 9.17) is 4.74 Å². The van der Waals surface area contributed by atoms with Crippen LogP contribution in [0.3, 0.4) is 0 Å². The topological polar surface area (TPSA) is 49.7 Å². The maximum absolute atomic E-state index is 9.93. The molecule has 18 heavy (non-hydrogen) atoms. The molecular formula is C15H16O3. The quantitative estimate of drug-likeness (QED) is 0.782. The molecule has 0 saturated heterocycles. The summed E-state index contributed by atoms with van der Waals surface area (Å²) in [5, 5.41) is 19.3. The van der Waals surface area contributed by atoms with E-state index >= 15 is 0 Å². The Balaban J connectivity index is 1.95. The van der Waals surface area contributed by atoms with Crippen LogP contribution in [-0.2, 0) is 4.74 Å². The van der Waals surface area contributed by atoms with Crippen molar-refractivity contribution >= 4 is 5.57 Å². The predicted octanol–water partition coefficient (Wildman–Crippen LogP) is 1.93. The molecule has 1 aromatic rings. The standard InChI is InChI=1S/C15H16O3/c16-8-11-6-7-12-13(9-18-15(17)14(11)12)10-4-2-1-3-5-10/h1-6,9,12,14-17H,7-8H2. The highest BCUT2D eigenvalue weighted by atomic mass is 16.6. The lowest BCUT2D eigenvalue weighted by atomic mass is 9.81. The predicted molar refractivity (Wildman–Crippen MR) is 68.3 cm³/mol. The van der Waals surface area contributed by atoms with Gasteiger partial charge in [-0.2, -0.15) is 0 Å². The molecule has 94 valence electrons. The Kier molecular flexibility index (Phi) is 2.94. The van der Waals surface area contributed by atoms with Crippen molar-refractivity contribution in [1.82, 2.24) is 0 Å². The molecule has 0 aromatic heterocycles. The second-order valence-electron chi connectivity index (χ2n) is 4.77. The zero-order valence-corrected chi connectivity index (χ0v) is 9.99. The Morgan fingerprint density at radius 1 is 1.22 bits per heavy atom. The van der Waals surface area contributed by atoms with Gasteiger partial charge in [-0.1, -0.05) is 36.4 Å². The fourth-order valence-corrected chi connectivity index (χ4v) is 2.92. The van der Waals surface area contributed by atoms with Crippen molar-refractivity contribution in [3.05, 3.63) is 53.8 Å². The maximum Gasteiger partial charge on any atom is 0.203 e. The molecule has 3 rings (SSSR count). The summed E-state index contributed by atoms with van der Waals surface area (Å²) < 4.78 is 5.33. The van der Waals surface area contributed by atoms with Crippen molar-refractivity contribution in [2.75, 3.05) is 6.61 Å². The number of aliphatic hydroxyl groups excluding tert-OH is 2. The molecule has 0 radical (unpaired) electrons. The largest absolute Gasteiger partial charge is 0.472 e. The first-order valence-electron chi connectivity index (χ1n) is 6.20. The van der Waals surface area contributed by atoms with Gasteiger partial charge in [-0.15, -0.1) is 0 Å². The number of ether oxygens (including phenoxy) is 1. The van der Waals surface area contributed by atoms with Gasteiger partial charge in [0.25, 0.3) is 0 Å². The summed E-state index contributed by atoms with van der Waals surface area (Å²) >= 11 is 0. The van der Waals surface area contributed by atoms with Crippen molar-refractivity contribution in [1.29, 1.82) is 0 Å². The van der Waals surface area contributed by atoms with Crippen LogP contribution in [0.4, 0.5) is 0 Å². The van der Waals surface area contributed by atoms with E-state index in [2.05, 4.69) is 0 Å². The first-order chi connectivity index (χ1) is 8.81. The average molecular weight is 244 g/mol. The highest BCUT2D eigenvalue weighted by molar-refractivity contribution is 5.69. The summed E-state index contributed by atoms with van der Waals surface area (Å²) in [4.78, 5) is 0. The molecule has 0 spiro atoms. The van der Waals surface area contributed by atoms with Crippen LogP contribution in [0.2, 0.25) is 0 Å². The smallest absolute Gasteiger partial charge is 0.203 e. The molecule has 3 nitrogen and oxygen atoms in total. The molecule has 0 fully saturated rings. The van der Waals surface area contributed by atoms with E-state index in [1.54, 1.807) is 6.26 Å². The van der Waals surface area contributed by atoms with E-state index in [-0.39, 0.29) is 18.4 Å². The number of rotatable bonds is 2. The van der Waals surface area contributed by atoms with Crippen LogP contribution in [-0.4, -0.2) is 23.1 Å². The molecule has 1 aliphatic heterocycles. The molecule has 0 amide bonds. The minimum Gasteiger partial charge on any atom is -0.472 e. The van der Waals surface area contributed by atoms with E-state index in [0.29, 0.717) is 0 Å². The van der Waals surface area contributed by atoms with Crippen LogP contribution in [0, 0.1) is 11.8 Å². The highest BCUT2D eigenvalue weighted by Gasteiger charge is 2.40. The van der Waals surface area contributed by atoms with Crippen LogP contribution < -0.4 is 0 Å². The van der Waals surface area contributed by atoms with E-state index in [9.17, 15) is 10.2 Å². The van der Waals surface area contributed by atoms with Crippen molar-refractivity contribution < 1.29 is 14.9 Å². The maximum atomic E-state index is 9.93. The van der Waals surface area contributed by atoms with E-state index in [1.165, 1.54) is 0 Å². The van der Waals surface area contributed by atoms with Crippen LogP contribution in [0.5, 0.6) is 0 Å². The van der Waals surface area contributed by atoms with Gasteiger partial charge >= 0.3 is 0 Å². The van der Waals surface area contributed by atoms with E-state index in [0.717, 1.165) is 23.1 Å². The summed E-state index contributed by atoms with van der Waals surface area (Å²) in [6.45, 7) is -0.0103. The number of hydrogen-bond donors (Lipinski definition) is 2. The number of fused-ring (bicyclic) bond motifs is 1. The molecular weight excluding hydrogens is 228 g/mol. The minimum absolute atomic E-state index is 0.0103. The Morgan fingerprint density at radius 2 is 2.00 bits per heavy atom. The van der Waals surface area contributed by atoms with Gasteiger partial charge in [-0.3, -0.25) is 0 Å². The summed E-state index contributed by atoms with van der Waals surface area (Å²) in [6.07, 6.45) is 3.68. The lowest BCUT2D eigenvalue weighted by molar-refractivity contribution is -0.0983. The van der Waals surface area contributed by atoms with Crippen molar-refractivity contribution in [3.63, 3.8) is 0 Å². The van der Waals surface area contributed by atoms with E-state index < -0.39 is 6.29 Å². The van der Waals surface area contributed by atoms with Gasteiger partial charge in [0.2, 0.25) is 6.29 Å². The van der Waals surface area contributed by atoms with Crippen LogP contribution >= 0.6 is 0 Å². The summed E-state index contributed by atoms with van der Waals surface area (Å²) in [7, 11) is 0. The second kappa shape index (κ2) is 4.59. The average Bonchev–Trinajstić information content (AvgIpc) is 2.85. The van der Waals surface area contributed by atoms with Crippen molar-refractivity contribution in [3.8, 4) is 0 Å². The number of hydrogen-bond acceptors (Lipinski definition) is 3. The molecule has 3 heteroatoms. The molecule has 1 heterocycles. The van der Waals surface area contributed by atoms with Crippen LogP contribution in [0.1, 0.15) is 12.0 Å². The molecule has 0 saturated carbocycles. The third-order valence-electron chi connectivity index (χ3n) is 3.83. The first-order valence-corrected chi connectivity index (χ1v) is 6.20. The normalized spacial score (nSPS) is 30.2. The lowest BCUT2D eigenvalue weighted by Gasteiger charge is -2.33. The number of benzene rings is 1. The first kappa shape index (κ1) is 11.5. The lowest BCUT2D eigenvalue weighted by Crippen LogP contribution is -2.32. The molecule has 3 atom stereocenters. The molecule has 2 aliphatic rings. The Labute approximate surface area is 106 Å². The summed E-state index contributed by atoms with van der Waals surface area (Å²) in [6, 6.07) is 10.0. The molecule has 1 aromatic carbocycles. The summed E-state index contributed by atoms with van der Waals surface area (Å²) in [5.41, 5.74) is 3.10. The van der Waals surface area contributed by atoms with Gasteiger partial charge < -0.3 is 14.9 Å². The SMILES string of the molecule is OCC1=CCC2C(c3ccccc3)=COC(O)C12. The van der Waals surface area contributed by atoms with Crippen LogP contribution in [0.25, 0.3) is 5.57 Å². The molecule has 1 aliphatic carbocycles. The van der Waals surface area contributed by atoms with Crippen molar-refractivity contribution in [2.45, 2.75) is 12.7 Å². The van der Waals surface area contributed by atoms with Gasteiger partial charge in [0, 0.05) is 5.92 Å². The number of aliphatic hydroxyl groups is 2.